The second kappa shape index (κ2) is 6.41. The van der Waals surface area contributed by atoms with Gasteiger partial charge in [0, 0.05) is 11.8 Å². The van der Waals surface area contributed by atoms with E-state index in [2.05, 4.69) is 5.10 Å². The number of benzene rings is 1. The standard InChI is InChI=1S/C18H15ClN2O4S/c1-9-7-14(17(22)24-9)25-18(23)15-8-11-10(2)20-21(16(11)26-15)13-6-4-3-5-12(13)19/h3-6,8-9,14H,7H2,1-2H3/t9-,14-/m0/s1. The van der Waals surface area contributed by atoms with Crippen LogP contribution in [-0.4, -0.2) is 33.9 Å². The number of hydrogen-bond donors (Lipinski definition) is 0. The molecule has 26 heavy (non-hydrogen) atoms. The molecule has 1 saturated heterocycles. The van der Waals surface area contributed by atoms with Gasteiger partial charge in [0.05, 0.1) is 16.4 Å². The summed E-state index contributed by atoms with van der Waals surface area (Å²) < 4.78 is 12.1. The van der Waals surface area contributed by atoms with E-state index in [1.807, 2.05) is 25.1 Å². The fraction of sp³-hybridized carbons (Fsp3) is 0.278. The number of carbonyl (C=O) groups excluding carboxylic acids is 2. The van der Waals surface area contributed by atoms with E-state index >= 15 is 0 Å². The van der Waals surface area contributed by atoms with E-state index in [-0.39, 0.29) is 6.10 Å². The van der Waals surface area contributed by atoms with Crippen molar-refractivity contribution in [1.29, 1.82) is 0 Å². The van der Waals surface area contributed by atoms with Crippen LogP contribution < -0.4 is 0 Å². The molecule has 0 N–H and O–H groups in total. The Kier molecular flexibility index (Phi) is 4.20. The zero-order chi connectivity index (χ0) is 18.4. The number of aryl methyl sites for hydroxylation is 1. The number of carbonyl (C=O) groups is 2. The van der Waals surface area contributed by atoms with Crippen LogP contribution in [0.3, 0.4) is 0 Å². The molecule has 3 aromatic rings. The fourth-order valence-corrected chi connectivity index (χ4v) is 4.21. The monoisotopic (exact) mass is 390 g/mol. The van der Waals surface area contributed by atoms with Gasteiger partial charge in [0.1, 0.15) is 15.8 Å². The van der Waals surface area contributed by atoms with Crippen molar-refractivity contribution in [3.8, 4) is 5.69 Å². The van der Waals surface area contributed by atoms with Crippen LogP contribution in [0.4, 0.5) is 0 Å². The normalized spacial score (nSPS) is 19.7. The summed E-state index contributed by atoms with van der Waals surface area (Å²) in [6, 6.07) is 9.11. The molecular formula is C18H15ClN2O4S. The Morgan fingerprint density at radius 1 is 1.42 bits per heavy atom. The van der Waals surface area contributed by atoms with Gasteiger partial charge in [-0.1, -0.05) is 23.7 Å². The maximum Gasteiger partial charge on any atom is 0.349 e. The lowest BCUT2D eigenvalue weighted by Crippen LogP contribution is -2.22. The third-order valence-electron chi connectivity index (χ3n) is 4.20. The minimum atomic E-state index is -0.844. The van der Waals surface area contributed by atoms with Gasteiger partial charge < -0.3 is 9.47 Å². The average molecular weight is 391 g/mol. The number of fused-ring (bicyclic) bond motifs is 1. The molecule has 0 amide bonds. The second-order valence-electron chi connectivity index (χ2n) is 6.16. The second-order valence-corrected chi connectivity index (χ2v) is 7.59. The Balaban J connectivity index is 1.68. The molecule has 0 bridgehead atoms. The number of thiophene rings is 1. The lowest BCUT2D eigenvalue weighted by molar-refractivity contribution is -0.147. The van der Waals surface area contributed by atoms with Crippen LogP contribution >= 0.6 is 22.9 Å². The van der Waals surface area contributed by atoms with Crippen molar-refractivity contribution in [3.05, 3.63) is 45.9 Å². The summed E-state index contributed by atoms with van der Waals surface area (Å²) in [5.41, 5.74) is 1.52. The third-order valence-corrected chi connectivity index (χ3v) is 5.61. The van der Waals surface area contributed by atoms with Crippen molar-refractivity contribution in [2.45, 2.75) is 32.5 Å². The Labute approximate surface area is 158 Å². The smallest absolute Gasteiger partial charge is 0.349 e. The lowest BCUT2D eigenvalue weighted by Gasteiger charge is -2.07. The van der Waals surface area contributed by atoms with E-state index in [0.29, 0.717) is 16.3 Å². The van der Waals surface area contributed by atoms with Gasteiger partial charge in [-0.15, -0.1) is 11.3 Å². The van der Waals surface area contributed by atoms with Gasteiger partial charge in [0.2, 0.25) is 6.10 Å². The minimum Gasteiger partial charge on any atom is -0.460 e. The van der Waals surface area contributed by atoms with Crippen LogP contribution in [-0.2, 0) is 14.3 Å². The molecular weight excluding hydrogens is 376 g/mol. The minimum absolute atomic E-state index is 0.237. The zero-order valence-electron chi connectivity index (χ0n) is 14.1. The van der Waals surface area contributed by atoms with Gasteiger partial charge in [-0.2, -0.15) is 5.10 Å². The average Bonchev–Trinajstić information content (AvgIpc) is 3.24. The van der Waals surface area contributed by atoms with Gasteiger partial charge in [-0.05, 0) is 32.0 Å². The van der Waals surface area contributed by atoms with Crippen LogP contribution in [0.5, 0.6) is 0 Å². The highest BCUT2D eigenvalue weighted by Gasteiger charge is 2.35. The van der Waals surface area contributed by atoms with Gasteiger partial charge >= 0.3 is 11.9 Å². The highest BCUT2D eigenvalue weighted by atomic mass is 35.5. The summed E-state index contributed by atoms with van der Waals surface area (Å²) in [4.78, 5) is 25.4. The summed E-state index contributed by atoms with van der Waals surface area (Å²) in [5.74, 6) is -1.03. The number of aromatic nitrogens is 2. The Hall–Kier alpha value is -2.38. The Morgan fingerprint density at radius 3 is 2.88 bits per heavy atom. The van der Waals surface area contributed by atoms with Crippen LogP contribution in [0.2, 0.25) is 5.02 Å². The van der Waals surface area contributed by atoms with Crippen molar-refractivity contribution < 1.29 is 19.1 Å². The maximum atomic E-state index is 12.5. The summed E-state index contributed by atoms with van der Waals surface area (Å²) in [6.45, 7) is 3.64. The van der Waals surface area contributed by atoms with E-state index in [1.165, 1.54) is 11.3 Å². The number of hydrogen-bond acceptors (Lipinski definition) is 6. The molecule has 0 unspecified atom stereocenters. The number of cyclic esters (lactones) is 1. The van der Waals surface area contributed by atoms with Gasteiger partial charge in [0.25, 0.3) is 0 Å². The number of rotatable bonds is 3. The zero-order valence-corrected chi connectivity index (χ0v) is 15.6. The molecule has 1 aliphatic heterocycles. The predicted octanol–water partition coefficient (Wildman–Crippen LogP) is 3.91. The molecule has 4 rings (SSSR count). The number of para-hydroxylation sites is 1. The molecule has 3 heterocycles. The molecule has 6 nitrogen and oxygen atoms in total. The maximum absolute atomic E-state index is 12.5. The number of ether oxygens (including phenoxy) is 2. The van der Waals surface area contributed by atoms with Crippen molar-refractivity contribution >= 4 is 45.1 Å². The number of nitrogens with zero attached hydrogens (tertiary/aromatic N) is 2. The van der Waals surface area contributed by atoms with E-state index < -0.39 is 18.0 Å². The van der Waals surface area contributed by atoms with Crippen LogP contribution in [0.1, 0.15) is 28.7 Å². The summed E-state index contributed by atoms with van der Waals surface area (Å²) in [7, 11) is 0. The van der Waals surface area contributed by atoms with Crippen LogP contribution in [0, 0.1) is 6.92 Å². The molecule has 1 fully saturated rings. The number of esters is 2. The molecule has 0 spiro atoms. The van der Waals surface area contributed by atoms with Gasteiger partial charge in [-0.25, -0.2) is 14.3 Å². The van der Waals surface area contributed by atoms with Crippen molar-refractivity contribution in [1.82, 2.24) is 9.78 Å². The fourth-order valence-electron chi connectivity index (χ4n) is 2.94. The third kappa shape index (κ3) is 2.87. The lowest BCUT2D eigenvalue weighted by atomic mass is 10.2. The molecule has 2 aromatic heterocycles. The van der Waals surface area contributed by atoms with Gasteiger partial charge in [-0.3, -0.25) is 0 Å². The molecule has 0 aliphatic carbocycles. The molecule has 0 radical (unpaired) electrons. The first-order chi connectivity index (χ1) is 12.4. The highest BCUT2D eigenvalue weighted by Crippen LogP contribution is 2.33. The largest absolute Gasteiger partial charge is 0.460 e. The first-order valence-electron chi connectivity index (χ1n) is 8.09. The number of halogens is 1. The first-order valence-corrected chi connectivity index (χ1v) is 9.29. The molecule has 0 saturated carbocycles. The molecule has 134 valence electrons. The molecule has 1 aliphatic rings. The molecule has 1 aromatic carbocycles. The van der Waals surface area contributed by atoms with E-state index in [0.717, 1.165) is 21.6 Å². The van der Waals surface area contributed by atoms with Crippen LogP contribution in [0.15, 0.2) is 30.3 Å². The summed E-state index contributed by atoms with van der Waals surface area (Å²) in [5, 5.41) is 5.94. The molecule has 2 atom stereocenters. The SMILES string of the molecule is Cc1nn(-c2ccccc2Cl)c2sc(C(=O)O[C@H]3C[C@H](C)OC3=O)cc12. The van der Waals surface area contributed by atoms with Crippen molar-refractivity contribution in [2.24, 2.45) is 0 Å². The van der Waals surface area contributed by atoms with Crippen LogP contribution in [0.25, 0.3) is 15.9 Å². The van der Waals surface area contributed by atoms with Crippen molar-refractivity contribution in [3.63, 3.8) is 0 Å². The predicted molar refractivity (Wildman–Crippen MR) is 98.1 cm³/mol. The topological polar surface area (TPSA) is 70.4 Å². The summed E-state index contributed by atoms with van der Waals surface area (Å²) in [6.07, 6.45) is -0.704. The molecule has 8 heteroatoms. The Morgan fingerprint density at radius 2 is 2.19 bits per heavy atom. The quantitative estimate of drug-likeness (QED) is 0.634. The highest BCUT2D eigenvalue weighted by molar-refractivity contribution is 7.20. The van der Waals surface area contributed by atoms with Crippen molar-refractivity contribution in [2.75, 3.05) is 0 Å². The van der Waals surface area contributed by atoms with E-state index in [4.69, 9.17) is 21.1 Å². The van der Waals surface area contributed by atoms with E-state index in [9.17, 15) is 9.59 Å². The Bertz CT molecular complexity index is 1030. The summed E-state index contributed by atoms with van der Waals surface area (Å²) >= 11 is 7.54. The van der Waals surface area contributed by atoms with E-state index in [1.54, 1.807) is 23.7 Å². The first kappa shape index (κ1) is 17.1. The van der Waals surface area contributed by atoms with Gasteiger partial charge in [0.15, 0.2) is 0 Å².